The molecule has 0 radical (unpaired) electrons. The van der Waals surface area contributed by atoms with E-state index in [0.717, 1.165) is 17.4 Å². The molecule has 0 aliphatic heterocycles. The van der Waals surface area contributed by atoms with Gasteiger partial charge in [0.15, 0.2) is 5.65 Å². The molecule has 0 atom stereocenters. The van der Waals surface area contributed by atoms with Crippen LogP contribution in [0.1, 0.15) is 0 Å². The van der Waals surface area contributed by atoms with Crippen molar-refractivity contribution in [1.29, 1.82) is 0 Å². The monoisotopic (exact) mass is 242 g/mol. The predicted octanol–water partition coefficient (Wildman–Crippen LogP) is 0.374. The molecule has 18 heavy (non-hydrogen) atoms. The molecule has 3 aromatic heterocycles. The number of carbonyl (C=O) groups excluding carboxylic acids is 1. The van der Waals surface area contributed by atoms with E-state index in [4.69, 9.17) is 5.73 Å². The van der Waals surface area contributed by atoms with Crippen LogP contribution in [0.25, 0.3) is 16.8 Å². The van der Waals surface area contributed by atoms with Crippen molar-refractivity contribution in [2.45, 2.75) is 6.54 Å². The second kappa shape index (κ2) is 3.95. The van der Waals surface area contributed by atoms with Crippen molar-refractivity contribution < 1.29 is 4.79 Å². The standard InChI is InChI=1S/C11H10N6O/c12-11-14-10-5-8(1-2-17(10)15-11)9-6-13-16(7-9)3-4-18/h1-2,4-7H,3H2,(H2,12,15). The molecule has 0 saturated carbocycles. The number of aldehydes is 1. The molecule has 3 heterocycles. The molecule has 0 aliphatic rings. The number of carbonyl (C=O) groups is 1. The molecule has 3 rings (SSSR count). The first kappa shape index (κ1) is 10.5. The summed E-state index contributed by atoms with van der Waals surface area (Å²) in [4.78, 5) is 14.5. The van der Waals surface area contributed by atoms with Crippen molar-refractivity contribution in [3.8, 4) is 11.1 Å². The molecule has 3 aromatic rings. The largest absolute Gasteiger partial charge is 0.366 e. The zero-order valence-corrected chi connectivity index (χ0v) is 9.39. The van der Waals surface area contributed by atoms with Crippen molar-refractivity contribution in [2.75, 3.05) is 5.73 Å². The van der Waals surface area contributed by atoms with Crippen LogP contribution < -0.4 is 5.73 Å². The Morgan fingerprint density at radius 1 is 1.39 bits per heavy atom. The van der Waals surface area contributed by atoms with Crippen LogP contribution in [-0.2, 0) is 11.3 Å². The van der Waals surface area contributed by atoms with Crippen molar-refractivity contribution in [3.63, 3.8) is 0 Å². The van der Waals surface area contributed by atoms with E-state index in [1.807, 2.05) is 12.1 Å². The summed E-state index contributed by atoms with van der Waals surface area (Å²) in [6.45, 7) is 0.250. The lowest BCUT2D eigenvalue weighted by Crippen LogP contribution is -1.97. The fourth-order valence-electron chi connectivity index (χ4n) is 1.77. The molecule has 0 aromatic carbocycles. The quantitative estimate of drug-likeness (QED) is 0.670. The van der Waals surface area contributed by atoms with Gasteiger partial charge in [-0.25, -0.2) is 4.52 Å². The lowest BCUT2D eigenvalue weighted by Gasteiger charge is -1.97. The van der Waals surface area contributed by atoms with Crippen molar-refractivity contribution in [1.82, 2.24) is 24.4 Å². The maximum Gasteiger partial charge on any atom is 0.240 e. The first-order chi connectivity index (χ1) is 8.76. The highest BCUT2D eigenvalue weighted by atomic mass is 16.1. The van der Waals surface area contributed by atoms with Gasteiger partial charge in [0.25, 0.3) is 0 Å². The minimum absolute atomic E-state index is 0.240. The van der Waals surface area contributed by atoms with Gasteiger partial charge in [-0.05, 0) is 17.7 Å². The molecule has 0 amide bonds. The molecule has 7 heteroatoms. The SMILES string of the molecule is Nc1nc2cc(-c3cnn(CC=O)c3)ccn2n1. The van der Waals surface area contributed by atoms with Crippen LogP contribution >= 0.6 is 0 Å². The lowest BCUT2D eigenvalue weighted by atomic mass is 10.1. The van der Waals surface area contributed by atoms with Gasteiger partial charge in [-0.1, -0.05) is 0 Å². The Bertz CT molecular complexity index is 713. The van der Waals surface area contributed by atoms with Gasteiger partial charge in [0.05, 0.1) is 12.7 Å². The summed E-state index contributed by atoms with van der Waals surface area (Å²) in [6, 6.07) is 3.76. The fraction of sp³-hybridized carbons (Fsp3) is 0.0909. The van der Waals surface area contributed by atoms with E-state index in [0.29, 0.717) is 5.65 Å². The second-order valence-electron chi connectivity index (χ2n) is 3.81. The smallest absolute Gasteiger partial charge is 0.240 e. The highest BCUT2D eigenvalue weighted by Gasteiger charge is 2.05. The third kappa shape index (κ3) is 1.71. The van der Waals surface area contributed by atoms with E-state index in [1.165, 1.54) is 0 Å². The summed E-state index contributed by atoms with van der Waals surface area (Å²) in [5.41, 5.74) is 8.07. The van der Waals surface area contributed by atoms with Crippen LogP contribution in [0.5, 0.6) is 0 Å². The number of fused-ring (bicyclic) bond motifs is 1. The molecule has 0 bridgehead atoms. The van der Waals surface area contributed by atoms with Crippen molar-refractivity contribution >= 4 is 17.9 Å². The van der Waals surface area contributed by atoms with Crippen LogP contribution in [0.4, 0.5) is 5.95 Å². The van der Waals surface area contributed by atoms with E-state index in [-0.39, 0.29) is 12.5 Å². The Balaban J connectivity index is 2.03. The number of pyridine rings is 1. The zero-order chi connectivity index (χ0) is 12.5. The number of anilines is 1. The van der Waals surface area contributed by atoms with Gasteiger partial charge in [0, 0.05) is 18.0 Å². The van der Waals surface area contributed by atoms with Gasteiger partial charge < -0.3 is 10.5 Å². The molecule has 0 fully saturated rings. The van der Waals surface area contributed by atoms with Gasteiger partial charge in [-0.15, -0.1) is 5.10 Å². The number of aromatic nitrogens is 5. The van der Waals surface area contributed by atoms with Crippen molar-refractivity contribution in [2.24, 2.45) is 0 Å². The third-order valence-electron chi connectivity index (χ3n) is 2.58. The van der Waals surface area contributed by atoms with E-state index in [1.54, 1.807) is 27.8 Å². The summed E-state index contributed by atoms with van der Waals surface area (Å²) < 4.78 is 3.18. The van der Waals surface area contributed by atoms with Gasteiger partial charge in [0.2, 0.25) is 5.95 Å². The maximum absolute atomic E-state index is 10.4. The zero-order valence-electron chi connectivity index (χ0n) is 9.39. The van der Waals surface area contributed by atoms with Crippen LogP contribution in [0.3, 0.4) is 0 Å². The molecule has 90 valence electrons. The summed E-state index contributed by atoms with van der Waals surface area (Å²) in [5.74, 6) is 0.240. The summed E-state index contributed by atoms with van der Waals surface area (Å²) >= 11 is 0. The number of nitrogens with zero attached hydrogens (tertiary/aromatic N) is 5. The Labute approximate surface area is 102 Å². The minimum Gasteiger partial charge on any atom is -0.366 e. The first-order valence-corrected chi connectivity index (χ1v) is 5.34. The Morgan fingerprint density at radius 2 is 2.28 bits per heavy atom. The summed E-state index contributed by atoms with van der Waals surface area (Å²) in [5, 5.41) is 8.08. The molecule has 0 aliphatic carbocycles. The predicted molar refractivity (Wildman–Crippen MR) is 64.7 cm³/mol. The first-order valence-electron chi connectivity index (χ1n) is 5.34. The van der Waals surface area contributed by atoms with Gasteiger partial charge >= 0.3 is 0 Å². The number of rotatable bonds is 3. The molecule has 0 spiro atoms. The molecule has 7 nitrogen and oxygen atoms in total. The van der Waals surface area contributed by atoms with Gasteiger partial charge in [-0.2, -0.15) is 10.1 Å². The van der Waals surface area contributed by atoms with E-state index < -0.39 is 0 Å². The Hall–Kier alpha value is -2.70. The number of hydrogen-bond donors (Lipinski definition) is 1. The minimum atomic E-state index is 0.240. The van der Waals surface area contributed by atoms with Crippen LogP contribution in [0, 0.1) is 0 Å². The van der Waals surface area contributed by atoms with Gasteiger partial charge in [0.1, 0.15) is 6.29 Å². The van der Waals surface area contributed by atoms with E-state index >= 15 is 0 Å². The fourth-order valence-corrected chi connectivity index (χ4v) is 1.77. The molecule has 2 N–H and O–H groups in total. The highest BCUT2D eigenvalue weighted by molar-refractivity contribution is 5.66. The number of nitrogen functional groups attached to an aromatic ring is 1. The normalized spacial score (nSPS) is 10.9. The Morgan fingerprint density at radius 3 is 3.11 bits per heavy atom. The highest BCUT2D eigenvalue weighted by Crippen LogP contribution is 2.19. The average molecular weight is 242 g/mol. The maximum atomic E-state index is 10.4. The van der Waals surface area contributed by atoms with Gasteiger partial charge in [-0.3, -0.25) is 4.68 Å². The Kier molecular flexibility index (Phi) is 2.30. The number of nitrogens with two attached hydrogens (primary N) is 1. The summed E-state index contributed by atoms with van der Waals surface area (Å²) in [7, 11) is 0. The molecular weight excluding hydrogens is 232 g/mol. The van der Waals surface area contributed by atoms with Crippen LogP contribution in [-0.4, -0.2) is 30.7 Å². The van der Waals surface area contributed by atoms with Crippen LogP contribution in [0.15, 0.2) is 30.7 Å². The molecule has 0 unspecified atom stereocenters. The number of hydrogen-bond acceptors (Lipinski definition) is 5. The summed E-state index contributed by atoms with van der Waals surface area (Å²) in [6.07, 6.45) is 6.10. The van der Waals surface area contributed by atoms with Crippen LogP contribution in [0.2, 0.25) is 0 Å². The lowest BCUT2D eigenvalue weighted by molar-refractivity contribution is -0.108. The van der Waals surface area contributed by atoms with E-state index in [2.05, 4.69) is 15.2 Å². The molecule has 0 saturated heterocycles. The third-order valence-corrected chi connectivity index (χ3v) is 2.58. The molecular formula is C11H10N6O. The second-order valence-corrected chi connectivity index (χ2v) is 3.81. The topological polar surface area (TPSA) is 91.1 Å². The van der Waals surface area contributed by atoms with E-state index in [9.17, 15) is 4.79 Å². The average Bonchev–Trinajstić information content (AvgIpc) is 2.93. The van der Waals surface area contributed by atoms with Crippen molar-refractivity contribution in [3.05, 3.63) is 30.7 Å².